The number of aromatic carboxylic acids is 1. The van der Waals surface area contributed by atoms with Crippen LogP contribution in [0.1, 0.15) is 17.3 Å². The van der Waals surface area contributed by atoms with Crippen molar-refractivity contribution < 1.29 is 23.4 Å². The molecule has 0 saturated carbocycles. The van der Waals surface area contributed by atoms with Crippen LogP contribution in [0.25, 0.3) is 0 Å². The monoisotopic (exact) mass is 202 g/mol. The van der Waals surface area contributed by atoms with E-state index in [-0.39, 0.29) is 12.4 Å². The lowest BCUT2D eigenvalue weighted by molar-refractivity contribution is 0.0691. The standard InChI is InChI=1S/C9H8F2O3/c1-2-14-8-4-6(10)5(9(12)13)3-7(8)11/h3-4H,2H2,1H3,(H,12,13). The molecule has 14 heavy (non-hydrogen) atoms. The van der Waals surface area contributed by atoms with Gasteiger partial charge in [0.15, 0.2) is 11.6 Å². The Bertz CT molecular complexity index is 363. The van der Waals surface area contributed by atoms with Crippen molar-refractivity contribution >= 4 is 5.97 Å². The van der Waals surface area contributed by atoms with Crippen molar-refractivity contribution in [1.82, 2.24) is 0 Å². The molecule has 5 heteroatoms. The van der Waals surface area contributed by atoms with Gasteiger partial charge in [-0.05, 0) is 13.0 Å². The molecule has 0 aliphatic rings. The van der Waals surface area contributed by atoms with Crippen LogP contribution in [-0.4, -0.2) is 17.7 Å². The van der Waals surface area contributed by atoms with Gasteiger partial charge in [-0.1, -0.05) is 0 Å². The van der Waals surface area contributed by atoms with Crippen LogP contribution < -0.4 is 4.74 Å². The van der Waals surface area contributed by atoms with Gasteiger partial charge in [-0.25, -0.2) is 13.6 Å². The summed E-state index contributed by atoms with van der Waals surface area (Å²) >= 11 is 0. The quantitative estimate of drug-likeness (QED) is 0.815. The normalized spacial score (nSPS) is 9.93. The van der Waals surface area contributed by atoms with Crippen molar-refractivity contribution in [2.45, 2.75) is 6.92 Å². The summed E-state index contributed by atoms with van der Waals surface area (Å²) in [5, 5.41) is 8.46. The minimum absolute atomic E-state index is 0.183. The first-order valence-corrected chi connectivity index (χ1v) is 3.91. The summed E-state index contributed by atoms with van der Waals surface area (Å²) in [6, 6.07) is 1.32. The molecular weight excluding hydrogens is 194 g/mol. The van der Waals surface area contributed by atoms with Crippen LogP contribution >= 0.6 is 0 Å². The van der Waals surface area contributed by atoms with E-state index in [9.17, 15) is 13.6 Å². The number of hydrogen-bond acceptors (Lipinski definition) is 2. The van der Waals surface area contributed by atoms with E-state index in [0.29, 0.717) is 6.07 Å². The second-order valence-electron chi connectivity index (χ2n) is 2.50. The van der Waals surface area contributed by atoms with Gasteiger partial charge in [-0.3, -0.25) is 0 Å². The van der Waals surface area contributed by atoms with Crippen LogP contribution in [0.5, 0.6) is 5.75 Å². The average Bonchev–Trinajstić information content (AvgIpc) is 2.10. The Kier molecular flexibility index (Phi) is 3.01. The first-order valence-electron chi connectivity index (χ1n) is 3.91. The SMILES string of the molecule is CCOc1cc(F)c(C(=O)O)cc1F. The fourth-order valence-corrected chi connectivity index (χ4v) is 0.959. The molecule has 0 spiro atoms. The fraction of sp³-hybridized carbons (Fsp3) is 0.222. The highest BCUT2D eigenvalue weighted by Gasteiger charge is 2.15. The number of carbonyl (C=O) groups is 1. The first-order chi connectivity index (χ1) is 6.56. The lowest BCUT2D eigenvalue weighted by atomic mass is 10.2. The lowest BCUT2D eigenvalue weighted by Gasteiger charge is -2.05. The summed E-state index contributed by atoms with van der Waals surface area (Å²) in [6.45, 7) is 1.80. The summed E-state index contributed by atoms with van der Waals surface area (Å²) in [6.07, 6.45) is 0. The number of carboxylic acid groups (broad SMARTS) is 1. The number of hydrogen-bond donors (Lipinski definition) is 1. The van der Waals surface area contributed by atoms with E-state index in [0.717, 1.165) is 6.07 Å². The summed E-state index contributed by atoms with van der Waals surface area (Å²) in [5.74, 6) is -3.69. The second kappa shape index (κ2) is 4.04. The lowest BCUT2D eigenvalue weighted by Crippen LogP contribution is -2.03. The van der Waals surface area contributed by atoms with Gasteiger partial charge < -0.3 is 9.84 Å². The van der Waals surface area contributed by atoms with E-state index < -0.39 is 23.2 Å². The predicted molar refractivity (Wildman–Crippen MR) is 44.5 cm³/mol. The van der Waals surface area contributed by atoms with E-state index in [1.54, 1.807) is 6.92 Å². The van der Waals surface area contributed by atoms with Crippen molar-refractivity contribution in [3.05, 3.63) is 29.3 Å². The summed E-state index contributed by atoms with van der Waals surface area (Å²) in [5.41, 5.74) is -0.703. The molecule has 1 rings (SSSR count). The molecule has 1 aromatic rings. The average molecular weight is 202 g/mol. The molecule has 0 aliphatic carbocycles. The third kappa shape index (κ3) is 1.99. The zero-order chi connectivity index (χ0) is 10.7. The van der Waals surface area contributed by atoms with E-state index >= 15 is 0 Å². The molecule has 0 unspecified atom stereocenters. The Labute approximate surface area is 78.9 Å². The highest BCUT2D eigenvalue weighted by Crippen LogP contribution is 2.21. The molecule has 0 atom stereocenters. The molecule has 0 bridgehead atoms. The van der Waals surface area contributed by atoms with Gasteiger partial charge in [0.1, 0.15) is 5.82 Å². The zero-order valence-electron chi connectivity index (χ0n) is 7.38. The van der Waals surface area contributed by atoms with Crippen molar-refractivity contribution in [3.8, 4) is 5.75 Å². The van der Waals surface area contributed by atoms with Crippen LogP contribution in [0.3, 0.4) is 0 Å². The van der Waals surface area contributed by atoms with Crippen molar-refractivity contribution in [2.24, 2.45) is 0 Å². The van der Waals surface area contributed by atoms with E-state index in [4.69, 9.17) is 9.84 Å². The Hall–Kier alpha value is -1.65. The van der Waals surface area contributed by atoms with Crippen LogP contribution in [0.4, 0.5) is 8.78 Å². The summed E-state index contributed by atoms with van der Waals surface area (Å²) in [7, 11) is 0. The molecule has 0 fully saturated rings. The van der Waals surface area contributed by atoms with Gasteiger partial charge in [0.2, 0.25) is 0 Å². The molecule has 76 valence electrons. The molecule has 1 aromatic carbocycles. The van der Waals surface area contributed by atoms with Crippen LogP contribution in [0.2, 0.25) is 0 Å². The molecule has 0 saturated heterocycles. The molecule has 0 aromatic heterocycles. The first kappa shape index (κ1) is 10.4. The number of carboxylic acids is 1. The molecule has 1 N–H and O–H groups in total. The predicted octanol–water partition coefficient (Wildman–Crippen LogP) is 2.06. The zero-order valence-corrected chi connectivity index (χ0v) is 7.38. The van der Waals surface area contributed by atoms with Crippen molar-refractivity contribution in [1.29, 1.82) is 0 Å². The maximum Gasteiger partial charge on any atom is 0.338 e. The van der Waals surface area contributed by atoms with Crippen molar-refractivity contribution in [2.75, 3.05) is 6.61 Å². The van der Waals surface area contributed by atoms with Crippen LogP contribution in [0.15, 0.2) is 12.1 Å². The van der Waals surface area contributed by atoms with E-state index in [1.165, 1.54) is 0 Å². The molecule has 0 amide bonds. The van der Waals surface area contributed by atoms with Crippen molar-refractivity contribution in [3.63, 3.8) is 0 Å². The van der Waals surface area contributed by atoms with Gasteiger partial charge in [-0.15, -0.1) is 0 Å². The maximum atomic E-state index is 13.0. The minimum atomic E-state index is -1.51. The van der Waals surface area contributed by atoms with Gasteiger partial charge in [0.05, 0.1) is 12.2 Å². The van der Waals surface area contributed by atoms with Gasteiger partial charge in [0.25, 0.3) is 0 Å². The summed E-state index contributed by atoms with van der Waals surface area (Å²) < 4.78 is 30.7. The maximum absolute atomic E-state index is 13.0. The minimum Gasteiger partial charge on any atom is -0.491 e. The third-order valence-electron chi connectivity index (χ3n) is 1.55. The molecule has 0 radical (unpaired) electrons. The van der Waals surface area contributed by atoms with E-state index in [1.807, 2.05) is 0 Å². The topological polar surface area (TPSA) is 46.5 Å². The molecular formula is C9H8F2O3. The number of rotatable bonds is 3. The molecule has 0 heterocycles. The Morgan fingerprint density at radius 1 is 1.43 bits per heavy atom. The van der Waals surface area contributed by atoms with Crippen LogP contribution in [0, 0.1) is 11.6 Å². The fourth-order valence-electron chi connectivity index (χ4n) is 0.959. The second-order valence-corrected chi connectivity index (χ2v) is 2.50. The summed E-state index contributed by atoms with van der Waals surface area (Å²) in [4.78, 5) is 10.4. The smallest absolute Gasteiger partial charge is 0.338 e. The molecule has 0 aliphatic heterocycles. The number of halogens is 2. The number of benzene rings is 1. The van der Waals surface area contributed by atoms with E-state index in [2.05, 4.69) is 0 Å². The highest BCUT2D eigenvalue weighted by molar-refractivity contribution is 5.88. The Balaban J connectivity index is 3.17. The number of ether oxygens (including phenoxy) is 1. The Morgan fingerprint density at radius 3 is 2.57 bits per heavy atom. The third-order valence-corrected chi connectivity index (χ3v) is 1.55. The Morgan fingerprint density at radius 2 is 2.07 bits per heavy atom. The molecule has 3 nitrogen and oxygen atoms in total. The highest BCUT2D eigenvalue weighted by atomic mass is 19.1. The largest absolute Gasteiger partial charge is 0.491 e. The van der Waals surface area contributed by atoms with Gasteiger partial charge >= 0.3 is 5.97 Å². The van der Waals surface area contributed by atoms with Gasteiger partial charge in [0, 0.05) is 6.07 Å². The van der Waals surface area contributed by atoms with Crippen LogP contribution in [-0.2, 0) is 0 Å². The van der Waals surface area contributed by atoms with Gasteiger partial charge in [-0.2, -0.15) is 0 Å².